The van der Waals surface area contributed by atoms with Crippen LogP contribution in [0.15, 0.2) is 11.2 Å². The number of hydrogen-bond acceptors (Lipinski definition) is 4. The van der Waals surface area contributed by atoms with E-state index in [9.17, 15) is 0 Å². The molecule has 114 valence electrons. The van der Waals surface area contributed by atoms with Crippen LogP contribution in [0.4, 0.5) is 5.82 Å². The third-order valence-corrected chi connectivity index (χ3v) is 4.39. The van der Waals surface area contributed by atoms with Gasteiger partial charge in [-0.15, -0.1) is 0 Å². The second kappa shape index (κ2) is 5.92. The summed E-state index contributed by atoms with van der Waals surface area (Å²) in [6.07, 6.45) is 8.01. The van der Waals surface area contributed by atoms with Gasteiger partial charge in [0, 0.05) is 18.3 Å². The molecule has 1 saturated carbocycles. The molecule has 0 bridgehead atoms. The maximum atomic E-state index is 9.10. The minimum absolute atomic E-state index is 0.174. The van der Waals surface area contributed by atoms with E-state index in [0.717, 1.165) is 37.2 Å². The van der Waals surface area contributed by atoms with Gasteiger partial charge in [-0.1, -0.05) is 12.1 Å². The summed E-state index contributed by atoms with van der Waals surface area (Å²) in [5.74, 6) is 1.09. The Morgan fingerprint density at radius 3 is 2.86 bits per heavy atom. The van der Waals surface area contributed by atoms with Crippen LogP contribution >= 0.6 is 0 Å². The second-order valence-corrected chi connectivity index (χ2v) is 6.08. The largest absolute Gasteiger partial charge is 0.409 e. The number of rotatable bonds is 5. The van der Waals surface area contributed by atoms with E-state index in [4.69, 9.17) is 15.9 Å². The third kappa shape index (κ3) is 2.82. The Hall–Kier alpha value is -1.78. The highest BCUT2D eigenvalue weighted by atomic mass is 16.4. The quantitative estimate of drug-likeness (QED) is 0.378. The summed E-state index contributed by atoms with van der Waals surface area (Å²) in [5, 5.41) is 12.3. The third-order valence-electron chi connectivity index (χ3n) is 4.39. The van der Waals surface area contributed by atoms with Gasteiger partial charge in [-0.25, -0.2) is 4.98 Å². The van der Waals surface area contributed by atoms with Gasteiger partial charge in [0.1, 0.15) is 5.82 Å². The fourth-order valence-electron chi connectivity index (χ4n) is 3.17. The standard InChI is InChI=1S/C16H24N4O/c1-2-9-20(12-7-8-12)16-13(15(17)19-21)10-11-5-3-4-6-14(11)18-16/h10,12,21H,2-9H2,1H3,(H2,17,19). The van der Waals surface area contributed by atoms with Crippen LogP contribution in [-0.2, 0) is 12.8 Å². The molecule has 5 nitrogen and oxygen atoms in total. The van der Waals surface area contributed by atoms with Crippen molar-refractivity contribution >= 4 is 11.7 Å². The average Bonchev–Trinajstić information content (AvgIpc) is 3.35. The number of aryl methyl sites for hydroxylation is 2. The zero-order valence-corrected chi connectivity index (χ0v) is 12.7. The van der Waals surface area contributed by atoms with Crippen molar-refractivity contribution in [3.05, 3.63) is 22.9 Å². The first kappa shape index (κ1) is 14.2. The summed E-state index contributed by atoms with van der Waals surface area (Å²) >= 11 is 0. The van der Waals surface area contributed by atoms with Crippen molar-refractivity contribution in [1.29, 1.82) is 0 Å². The van der Waals surface area contributed by atoms with Crippen LogP contribution < -0.4 is 10.6 Å². The second-order valence-electron chi connectivity index (χ2n) is 6.08. The van der Waals surface area contributed by atoms with Crippen LogP contribution in [0.2, 0.25) is 0 Å². The van der Waals surface area contributed by atoms with Gasteiger partial charge in [-0.3, -0.25) is 0 Å². The average molecular weight is 288 g/mol. The summed E-state index contributed by atoms with van der Waals surface area (Å²) in [6, 6.07) is 2.67. The Balaban J connectivity index is 2.06. The Kier molecular flexibility index (Phi) is 3.99. The fourth-order valence-corrected chi connectivity index (χ4v) is 3.17. The highest BCUT2D eigenvalue weighted by Gasteiger charge is 2.32. The molecule has 0 atom stereocenters. The van der Waals surface area contributed by atoms with Gasteiger partial charge in [-0.05, 0) is 56.6 Å². The number of fused-ring (bicyclic) bond motifs is 1. The molecule has 0 aromatic carbocycles. The first-order chi connectivity index (χ1) is 10.2. The molecule has 3 N–H and O–H groups in total. The molecule has 1 fully saturated rings. The summed E-state index contributed by atoms with van der Waals surface area (Å²) in [5.41, 5.74) is 9.17. The molecule has 0 saturated heterocycles. The van der Waals surface area contributed by atoms with Crippen molar-refractivity contribution in [2.24, 2.45) is 10.9 Å². The number of pyridine rings is 1. The van der Waals surface area contributed by atoms with Crippen molar-refractivity contribution in [2.45, 2.75) is 57.9 Å². The van der Waals surface area contributed by atoms with E-state index >= 15 is 0 Å². The van der Waals surface area contributed by atoms with Crippen molar-refractivity contribution < 1.29 is 5.21 Å². The molecule has 3 rings (SSSR count). The summed E-state index contributed by atoms with van der Waals surface area (Å²) < 4.78 is 0. The van der Waals surface area contributed by atoms with E-state index in [1.54, 1.807) is 0 Å². The van der Waals surface area contributed by atoms with Gasteiger partial charge in [-0.2, -0.15) is 0 Å². The minimum atomic E-state index is 0.174. The smallest absolute Gasteiger partial charge is 0.173 e. The van der Waals surface area contributed by atoms with Crippen molar-refractivity contribution in [2.75, 3.05) is 11.4 Å². The minimum Gasteiger partial charge on any atom is -0.409 e. The summed E-state index contributed by atoms with van der Waals surface area (Å²) in [7, 11) is 0. The van der Waals surface area contributed by atoms with E-state index in [0.29, 0.717) is 6.04 Å². The van der Waals surface area contributed by atoms with E-state index in [-0.39, 0.29) is 5.84 Å². The lowest BCUT2D eigenvalue weighted by molar-refractivity contribution is 0.318. The zero-order chi connectivity index (χ0) is 14.8. The molecule has 0 spiro atoms. The number of hydrogen-bond donors (Lipinski definition) is 2. The number of nitrogens with two attached hydrogens (primary N) is 1. The Morgan fingerprint density at radius 2 is 2.19 bits per heavy atom. The fraction of sp³-hybridized carbons (Fsp3) is 0.625. The molecule has 0 amide bonds. The normalized spacial score (nSPS) is 18.4. The van der Waals surface area contributed by atoms with Gasteiger partial charge in [0.2, 0.25) is 0 Å². The number of anilines is 1. The Labute approximate surface area is 125 Å². The van der Waals surface area contributed by atoms with E-state index in [2.05, 4.69) is 23.0 Å². The molecular formula is C16H24N4O. The van der Waals surface area contributed by atoms with Crippen LogP contribution in [0.1, 0.15) is 55.8 Å². The molecule has 21 heavy (non-hydrogen) atoms. The monoisotopic (exact) mass is 288 g/mol. The lowest BCUT2D eigenvalue weighted by Crippen LogP contribution is -2.31. The van der Waals surface area contributed by atoms with E-state index < -0.39 is 0 Å². The predicted octanol–water partition coefficient (Wildman–Crippen LogP) is 2.43. The van der Waals surface area contributed by atoms with E-state index in [1.165, 1.54) is 36.9 Å². The molecule has 0 unspecified atom stereocenters. The summed E-state index contributed by atoms with van der Waals surface area (Å²) in [4.78, 5) is 7.27. The van der Waals surface area contributed by atoms with Gasteiger partial charge >= 0.3 is 0 Å². The number of amidine groups is 1. The van der Waals surface area contributed by atoms with Crippen LogP contribution in [0.25, 0.3) is 0 Å². The maximum absolute atomic E-state index is 9.10. The van der Waals surface area contributed by atoms with Crippen molar-refractivity contribution in [1.82, 2.24) is 4.98 Å². The van der Waals surface area contributed by atoms with Crippen molar-refractivity contribution in [3.63, 3.8) is 0 Å². The molecule has 0 radical (unpaired) electrons. The molecule has 1 heterocycles. The highest BCUT2D eigenvalue weighted by Crippen LogP contribution is 2.34. The first-order valence-electron chi connectivity index (χ1n) is 8.02. The molecule has 1 aromatic heterocycles. The zero-order valence-electron chi connectivity index (χ0n) is 12.7. The SMILES string of the molecule is CCCN(c1nc2c(cc1C(N)=NO)CCCC2)C1CC1. The van der Waals surface area contributed by atoms with Crippen LogP contribution in [0.5, 0.6) is 0 Å². The van der Waals surface area contributed by atoms with Gasteiger partial charge < -0.3 is 15.8 Å². The van der Waals surface area contributed by atoms with Crippen molar-refractivity contribution in [3.8, 4) is 0 Å². The topological polar surface area (TPSA) is 74.7 Å². The number of nitrogens with zero attached hydrogens (tertiary/aromatic N) is 3. The molecular weight excluding hydrogens is 264 g/mol. The first-order valence-corrected chi connectivity index (χ1v) is 8.02. The Bertz CT molecular complexity index is 551. The molecule has 2 aliphatic carbocycles. The molecule has 5 heteroatoms. The number of oxime groups is 1. The molecule has 1 aromatic rings. The maximum Gasteiger partial charge on any atom is 0.173 e. The molecule has 0 aliphatic heterocycles. The highest BCUT2D eigenvalue weighted by molar-refractivity contribution is 6.01. The van der Waals surface area contributed by atoms with E-state index in [1.807, 2.05) is 0 Å². The summed E-state index contributed by atoms with van der Waals surface area (Å²) in [6.45, 7) is 3.15. The Morgan fingerprint density at radius 1 is 1.43 bits per heavy atom. The lowest BCUT2D eigenvalue weighted by atomic mass is 9.94. The van der Waals surface area contributed by atoms with Gasteiger partial charge in [0.25, 0.3) is 0 Å². The molecule has 2 aliphatic rings. The van der Waals surface area contributed by atoms with Crippen LogP contribution in [0.3, 0.4) is 0 Å². The number of aromatic nitrogens is 1. The van der Waals surface area contributed by atoms with Crippen LogP contribution in [-0.4, -0.2) is 28.6 Å². The van der Waals surface area contributed by atoms with Gasteiger partial charge in [0.15, 0.2) is 5.84 Å². The van der Waals surface area contributed by atoms with Gasteiger partial charge in [0.05, 0.1) is 5.56 Å². The lowest BCUT2D eigenvalue weighted by Gasteiger charge is -2.27. The predicted molar refractivity (Wildman–Crippen MR) is 84.0 cm³/mol. The van der Waals surface area contributed by atoms with Crippen LogP contribution in [0, 0.1) is 0 Å².